The monoisotopic (exact) mass is 501 g/mol. The number of nitrogens with two attached hydrogens (primary N) is 3. The molecule has 13 nitrogen and oxygen atoms in total. The molecule has 202 valence electrons. The van der Waals surface area contributed by atoms with Gasteiger partial charge < -0.3 is 43.6 Å². The van der Waals surface area contributed by atoms with Gasteiger partial charge in [-0.2, -0.15) is 0 Å². The van der Waals surface area contributed by atoms with E-state index < -0.39 is 60.3 Å². The van der Waals surface area contributed by atoms with Crippen LogP contribution >= 0.6 is 0 Å². The Morgan fingerprint density at radius 2 is 1.11 bits per heavy atom. The van der Waals surface area contributed by atoms with Gasteiger partial charge in [0.25, 0.3) is 0 Å². The third kappa shape index (κ3) is 13.6. The van der Waals surface area contributed by atoms with Crippen molar-refractivity contribution in [1.29, 1.82) is 0 Å². The number of rotatable bonds is 17. The molecule has 4 atom stereocenters. The summed E-state index contributed by atoms with van der Waals surface area (Å²) in [7, 11) is 0. The zero-order valence-corrected chi connectivity index (χ0v) is 21.1. The first-order chi connectivity index (χ1) is 16.3. The predicted molar refractivity (Wildman–Crippen MR) is 131 cm³/mol. The molecule has 35 heavy (non-hydrogen) atoms. The van der Waals surface area contributed by atoms with Gasteiger partial charge in [0, 0.05) is 0 Å². The van der Waals surface area contributed by atoms with Crippen molar-refractivity contribution in [3.05, 3.63) is 0 Å². The van der Waals surface area contributed by atoms with Gasteiger partial charge in [-0.1, -0.05) is 27.7 Å². The minimum absolute atomic E-state index is 0.0101. The van der Waals surface area contributed by atoms with Crippen LogP contribution in [0.3, 0.4) is 0 Å². The van der Waals surface area contributed by atoms with E-state index in [-0.39, 0.29) is 44.2 Å². The van der Waals surface area contributed by atoms with Crippen molar-refractivity contribution < 1.29 is 29.1 Å². The van der Waals surface area contributed by atoms with Gasteiger partial charge in [-0.15, -0.1) is 0 Å². The Morgan fingerprint density at radius 1 is 0.686 bits per heavy atom. The fourth-order valence-corrected chi connectivity index (χ4v) is 3.26. The number of carboxylic acid groups (broad SMARTS) is 1. The highest BCUT2D eigenvalue weighted by atomic mass is 16.4. The highest BCUT2D eigenvalue weighted by Crippen LogP contribution is 2.10. The zero-order valence-electron chi connectivity index (χ0n) is 21.1. The average Bonchev–Trinajstić information content (AvgIpc) is 2.75. The quantitative estimate of drug-likeness (QED) is 0.107. The molecular formula is C22H43N7O6. The predicted octanol–water partition coefficient (Wildman–Crippen LogP) is -2.24. The van der Waals surface area contributed by atoms with Crippen LogP contribution < -0.4 is 38.5 Å². The molecule has 13 heteroatoms. The summed E-state index contributed by atoms with van der Waals surface area (Å²) in [5.41, 5.74) is 16.8. The Hall–Kier alpha value is -2.77. The van der Waals surface area contributed by atoms with E-state index in [1.165, 1.54) is 0 Å². The summed E-state index contributed by atoms with van der Waals surface area (Å²) >= 11 is 0. The van der Waals surface area contributed by atoms with E-state index in [2.05, 4.69) is 21.3 Å². The van der Waals surface area contributed by atoms with Gasteiger partial charge >= 0.3 is 5.97 Å². The first-order valence-corrected chi connectivity index (χ1v) is 11.9. The number of carbonyl (C=O) groups excluding carboxylic acids is 4. The molecule has 0 aromatic heterocycles. The number of carboxylic acids is 1. The maximum atomic E-state index is 13.1. The Labute approximate surface area is 206 Å². The number of nitrogens with one attached hydrogen (secondary N) is 4. The molecule has 0 fully saturated rings. The van der Waals surface area contributed by atoms with Crippen LogP contribution in [0.1, 0.15) is 53.4 Å². The Kier molecular flexibility index (Phi) is 15.5. The van der Waals surface area contributed by atoms with Gasteiger partial charge in [-0.25, -0.2) is 0 Å². The van der Waals surface area contributed by atoms with Crippen molar-refractivity contribution >= 4 is 29.6 Å². The molecule has 0 rings (SSSR count). The molecule has 0 unspecified atom stereocenters. The molecule has 0 radical (unpaired) electrons. The summed E-state index contributed by atoms with van der Waals surface area (Å²) in [6.45, 7) is 7.18. The topological polar surface area (TPSA) is 232 Å². The lowest BCUT2D eigenvalue weighted by molar-refractivity contribution is -0.138. The van der Waals surface area contributed by atoms with Crippen molar-refractivity contribution in [3.63, 3.8) is 0 Å². The van der Waals surface area contributed by atoms with E-state index in [0.717, 1.165) is 0 Å². The van der Waals surface area contributed by atoms with Crippen LogP contribution in [0.2, 0.25) is 0 Å². The first kappa shape index (κ1) is 32.2. The largest absolute Gasteiger partial charge is 0.480 e. The molecule has 0 aliphatic heterocycles. The van der Waals surface area contributed by atoms with Crippen molar-refractivity contribution in [2.24, 2.45) is 29.0 Å². The second kappa shape index (κ2) is 16.8. The summed E-state index contributed by atoms with van der Waals surface area (Å²) in [5.74, 6) is -3.55. The van der Waals surface area contributed by atoms with Crippen LogP contribution in [0.4, 0.5) is 0 Å². The molecule has 0 saturated carbocycles. The fourth-order valence-electron chi connectivity index (χ4n) is 3.26. The maximum absolute atomic E-state index is 13.1. The fraction of sp³-hybridized carbons (Fsp3) is 0.773. The highest BCUT2D eigenvalue weighted by Gasteiger charge is 2.31. The summed E-state index contributed by atoms with van der Waals surface area (Å²) in [6, 6.07) is -3.86. The third-order valence-corrected chi connectivity index (χ3v) is 5.00. The average molecular weight is 502 g/mol. The Morgan fingerprint density at radius 3 is 1.51 bits per heavy atom. The van der Waals surface area contributed by atoms with Crippen LogP contribution in [0.15, 0.2) is 0 Å². The molecule has 0 heterocycles. The highest BCUT2D eigenvalue weighted by molar-refractivity contribution is 5.95. The summed E-state index contributed by atoms with van der Waals surface area (Å²) < 4.78 is 0. The van der Waals surface area contributed by atoms with Gasteiger partial charge in [0.1, 0.15) is 24.7 Å². The molecule has 0 bridgehead atoms. The van der Waals surface area contributed by atoms with E-state index in [0.29, 0.717) is 6.42 Å². The SMILES string of the molecule is CC(C)C[C@H](NC(=O)[C@@H](CC(C)C)NC(=O)[C@@H](N)CCN)C(=O)N[C@@H](CCN)C(=O)NCC(=O)O. The standard InChI is InChI=1S/C22H43N7O6/c1-12(2)9-16(28-19(32)14(25)5-7-23)22(35)29-17(10-13(3)4)21(34)27-15(6-8-24)20(33)26-11-18(30)31/h12-17H,5-11,23-25H2,1-4H3,(H,26,33)(H,27,34)(H,28,32)(H,29,35)(H,30,31)/t14-,15-,16+,17-/m0/s1. The molecular weight excluding hydrogens is 458 g/mol. The van der Waals surface area contributed by atoms with Gasteiger partial charge in [-0.3, -0.25) is 24.0 Å². The zero-order chi connectivity index (χ0) is 27.1. The second-order valence-electron chi connectivity index (χ2n) is 9.32. The summed E-state index contributed by atoms with van der Waals surface area (Å²) in [4.78, 5) is 61.5. The van der Waals surface area contributed by atoms with Crippen molar-refractivity contribution in [3.8, 4) is 0 Å². The first-order valence-electron chi connectivity index (χ1n) is 11.9. The Balaban J connectivity index is 5.54. The van der Waals surface area contributed by atoms with E-state index in [1.54, 1.807) is 0 Å². The molecule has 0 aromatic carbocycles. The van der Waals surface area contributed by atoms with Gasteiger partial charge in [0.05, 0.1) is 6.04 Å². The van der Waals surface area contributed by atoms with Gasteiger partial charge in [0.15, 0.2) is 0 Å². The smallest absolute Gasteiger partial charge is 0.322 e. The molecule has 0 saturated heterocycles. The lowest BCUT2D eigenvalue weighted by Crippen LogP contribution is -2.58. The van der Waals surface area contributed by atoms with Crippen molar-refractivity contribution in [1.82, 2.24) is 21.3 Å². The lowest BCUT2D eigenvalue weighted by Gasteiger charge is -2.27. The van der Waals surface area contributed by atoms with E-state index >= 15 is 0 Å². The molecule has 0 aromatic rings. The second-order valence-corrected chi connectivity index (χ2v) is 9.32. The molecule has 0 aliphatic rings. The van der Waals surface area contributed by atoms with Crippen LogP contribution in [0, 0.1) is 11.8 Å². The number of aliphatic carboxylic acids is 1. The number of carbonyl (C=O) groups is 5. The Bertz CT molecular complexity index is 716. The number of hydrogen-bond donors (Lipinski definition) is 8. The molecule has 0 aliphatic carbocycles. The molecule has 4 amide bonds. The minimum Gasteiger partial charge on any atom is -0.480 e. The lowest BCUT2D eigenvalue weighted by atomic mass is 9.99. The molecule has 11 N–H and O–H groups in total. The van der Waals surface area contributed by atoms with E-state index in [4.69, 9.17) is 22.3 Å². The summed E-state index contributed by atoms with van der Waals surface area (Å²) in [6.07, 6.45) is 0.909. The normalized spacial score (nSPS) is 14.5. The summed E-state index contributed by atoms with van der Waals surface area (Å²) in [5, 5.41) is 18.8. The number of hydrogen-bond acceptors (Lipinski definition) is 8. The van der Waals surface area contributed by atoms with E-state index in [1.807, 2.05) is 27.7 Å². The third-order valence-electron chi connectivity index (χ3n) is 5.00. The van der Waals surface area contributed by atoms with Crippen molar-refractivity contribution in [2.45, 2.75) is 77.5 Å². The van der Waals surface area contributed by atoms with Crippen LogP contribution in [0.25, 0.3) is 0 Å². The van der Waals surface area contributed by atoms with Crippen LogP contribution in [-0.2, 0) is 24.0 Å². The van der Waals surface area contributed by atoms with Crippen LogP contribution in [-0.4, -0.2) is 78.5 Å². The number of amides is 4. The maximum Gasteiger partial charge on any atom is 0.322 e. The van der Waals surface area contributed by atoms with Crippen LogP contribution in [0.5, 0.6) is 0 Å². The van der Waals surface area contributed by atoms with Gasteiger partial charge in [0.2, 0.25) is 23.6 Å². The van der Waals surface area contributed by atoms with E-state index in [9.17, 15) is 24.0 Å². The molecule has 0 spiro atoms. The van der Waals surface area contributed by atoms with Gasteiger partial charge in [-0.05, 0) is 50.6 Å². The van der Waals surface area contributed by atoms with Crippen molar-refractivity contribution in [2.75, 3.05) is 19.6 Å². The minimum atomic E-state index is -1.23.